The van der Waals surface area contributed by atoms with Crippen LogP contribution in [0.5, 0.6) is 0 Å². The van der Waals surface area contributed by atoms with Crippen molar-refractivity contribution in [2.45, 2.75) is 51.6 Å². The van der Waals surface area contributed by atoms with Crippen LogP contribution in [-0.2, 0) is 33.4 Å². The molecule has 0 rings (SSSR count). The topological polar surface area (TPSA) is 160 Å². The highest BCUT2D eigenvalue weighted by molar-refractivity contribution is 5.81. The van der Waals surface area contributed by atoms with Gasteiger partial charge in [0.15, 0.2) is 0 Å². The SMILES string of the molecule is CC(COCCCCNC(=O)CCC(=O)O)OCCOCCNC(=O)CCC(=O)O. The molecule has 1 unspecified atom stereocenters. The standard InChI is InChI=1S/C19H34N2O9/c1-15(14-29-10-3-2-8-20-16(22)4-6-18(24)25)30-13-12-28-11-9-21-17(23)5-7-19(26)27/h15H,2-14H2,1H3,(H,20,22)(H,21,23)(H,24,25)(H,26,27). The van der Waals surface area contributed by atoms with Gasteiger partial charge in [0.25, 0.3) is 0 Å². The molecule has 0 aliphatic heterocycles. The molecule has 30 heavy (non-hydrogen) atoms. The first kappa shape index (κ1) is 27.8. The van der Waals surface area contributed by atoms with Crippen LogP contribution >= 0.6 is 0 Å². The lowest BCUT2D eigenvalue weighted by Gasteiger charge is -2.14. The quantitative estimate of drug-likeness (QED) is 0.196. The molecule has 0 aliphatic rings. The Morgan fingerprint density at radius 3 is 1.93 bits per heavy atom. The third-order valence-corrected chi connectivity index (χ3v) is 3.72. The maximum atomic E-state index is 11.3. The number of unbranched alkanes of at least 4 members (excludes halogenated alkanes) is 1. The Hall–Kier alpha value is -2.24. The van der Waals surface area contributed by atoms with E-state index in [1.54, 1.807) is 0 Å². The van der Waals surface area contributed by atoms with E-state index in [0.717, 1.165) is 12.8 Å². The summed E-state index contributed by atoms with van der Waals surface area (Å²) in [4.78, 5) is 43.3. The number of hydrogen-bond acceptors (Lipinski definition) is 7. The van der Waals surface area contributed by atoms with Gasteiger partial charge in [-0.3, -0.25) is 19.2 Å². The molecule has 174 valence electrons. The van der Waals surface area contributed by atoms with Crippen LogP contribution in [0.25, 0.3) is 0 Å². The summed E-state index contributed by atoms with van der Waals surface area (Å²) in [5, 5.41) is 22.2. The molecule has 0 fully saturated rings. The summed E-state index contributed by atoms with van der Waals surface area (Å²) in [6, 6.07) is 0. The second-order valence-corrected chi connectivity index (χ2v) is 6.56. The van der Waals surface area contributed by atoms with E-state index in [9.17, 15) is 19.2 Å². The predicted molar refractivity (Wildman–Crippen MR) is 106 cm³/mol. The molecule has 0 aliphatic carbocycles. The van der Waals surface area contributed by atoms with Gasteiger partial charge in [-0.2, -0.15) is 0 Å². The van der Waals surface area contributed by atoms with E-state index in [-0.39, 0.29) is 43.6 Å². The molecular formula is C19H34N2O9. The Labute approximate surface area is 176 Å². The average Bonchev–Trinajstić information content (AvgIpc) is 2.69. The van der Waals surface area contributed by atoms with Crippen LogP contribution in [-0.4, -0.2) is 86.2 Å². The zero-order valence-electron chi connectivity index (χ0n) is 17.5. The first-order valence-corrected chi connectivity index (χ1v) is 10.0. The summed E-state index contributed by atoms with van der Waals surface area (Å²) in [5.41, 5.74) is 0. The molecule has 1 atom stereocenters. The van der Waals surface area contributed by atoms with E-state index < -0.39 is 11.9 Å². The molecule has 0 aromatic rings. The van der Waals surface area contributed by atoms with Gasteiger partial charge in [0, 0.05) is 32.5 Å². The second-order valence-electron chi connectivity index (χ2n) is 6.56. The molecule has 2 amide bonds. The molecular weight excluding hydrogens is 400 g/mol. The molecule has 11 heteroatoms. The molecule has 4 N–H and O–H groups in total. The van der Waals surface area contributed by atoms with Crippen LogP contribution < -0.4 is 10.6 Å². The maximum Gasteiger partial charge on any atom is 0.303 e. The molecule has 0 saturated heterocycles. The van der Waals surface area contributed by atoms with Gasteiger partial charge in [0.05, 0.1) is 45.4 Å². The van der Waals surface area contributed by atoms with Crippen molar-refractivity contribution in [1.82, 2.24) is 10.6 Å². The largest absolute Gasteiger partial charge is 0.481 e. The molecule has 0 heterocycles. The molecule has 0 saturated carbocycles. The van der Waals surface area contributed by atoms with E-state index in [0.29, 0.717) is 46.1 Å². The Bertz CT molecular complexity index is 470. The Balaban J connectivity index is 3.37. The summed E-state index contributed by atoms with van der Waals surface area (Å²) < 4.78 is 16.3. The van der Waals surface area contributed by atoms with Crippen LogP contribution in [0.15, 0.2) is 0 Å². The minimum atomic E-state index is -1.00. The van der Waals surface area contributed by atoms with Crippen molar-refractivity contribution in [3.05, 3.63) is 0 Å². The van der Waals surface area contributed by atoms with Crippen molar-refractivity contribution >= 4 is 23.8 Å². The molecule has 11 nitrogen and oxygen atoms in total. The Morgan fingerprint density at radius 2 is 1.33 bits per heavy atom. The Morgan fingerprint density at radius 1 is 0.733 bits per heavy atom. The van der Waals surface area contributed by atoms with Crippen LogP contribution in [0.2, 0.25) is 0 Å². The molecule has 0 aromatic carbocycles. The van der Waals surface area contributed by atoms with Gasteiger partial charge >= 0.3 is 11.9 Å². The van der Waals surface area contributed by atoms with Crippen molar-refractivity contribution in [2.24, 2.45) is 0 Å². The minimum Gasteiger partial charge on any atom is -0.481 e. The van der Waals surface area contributed by atoms with E-state index >= 15 is 0 Å². The van der Waals surface area contributed by atoms with Gasteiger partial charge in [0.2, 0.25) is 11.8 Å². The van der Waals surface area contributed by atoms with Crippen LogP contribution in [0, 0.1) is 0 Å². The number of carbonyl (C=O) groups is 4. The van der Waals surface area contributed by atoms with Gasteiger partial charge in [-0.1, -0.05) is 0 Å². The lowest BCUT2D eigenvalue weighted by molar-refractivity contribution is -0.139. The summed E-state index contributed by atoms with van der Waals surface area (Å²) in [6.45, 7) is 4.74. The van der Waals surface area contributed by atoms with Gasteiger partial charge in [0.1, 0.15) is 0 Å². The summed E-state index contributed by atoms with van der Waals surface area (Å²) >= 11 is 0. The Kier molecular flexibility index (Phi) is 17.4. The second kappa shape index (κ2) is 18.8. The number of ether oxygens (including phenoxy) is 3. The fourth-order valence-electron chi connectivity index (χ4n) is 2.14. The molecule has 0 bridgehead atoms. The van der Waals surface area contributed by atoms with E-state index in [1.165, 1.54) is 0 Å². The fraction of sp³-hybridized carbons (Fsp3) is 0.789. The third kappa shape index (κ3) is 20.5. The van der Waals surface area contributed by atoms with E-state index in [1.807, 2.05) is 6.92 Å². The van der Waals surface area contributed by atoms with Gasteiger partial charge in [-0.15, -0.1) is 0 Å². The molecule has 0 spiro atoms. The van der Waals surface area contributed by atoms with Crippen molar-refractivity contribution < 1.29 is 43.6 Å². The van der Waals surface area contributed by atoms with Crippen molar-refractivity contribution in [3.63, 3.8) is 0 Å². The monoisotopic (exact) mass is 434 g/mol. The number of hydrogen-bond donors (Lipinski definition) is 4. The van der Waals surface area contributed by atoms with Gasteiger partial charge in [-0.25, -0.2) is 0 Å². The molecule has 0 aromatic heterocycles. The van der Waals surface area contributed by atoms with E-state index in [4.69, 9.17) is 24.4 Å². The van der Waals surface area contributed by atoms with Crippen molar-refractivity contribution in [3.8, 4) is 0 Å². The van der Waals surface area contributed by atoms with Crippen molar-refractivity contribution in [2.75, 3.05) is 46.1 Å². The predicted octanol–water partition coefficient (Wildman–Crippen LogP) is 0.167. The first-order chi connectivity index (χ1) is 14.3. The lowest BCUT2D eigenvalue weighted by Crippen LogP contribution is -2.28. The molecule has 0 radical (unpaired) electrons. The summed E-state index contributed by atoms with van der Waals surface area (Å²) in [5.74, 6) is -2.57. The van der Waals surface area contributed by atoms with Gasteiger partial charge in [-0.05, 0) is 19.8 Å². The van der Waals surface area contributed by atoms with Crippen LogP contribution in [0.4, 0.5) is 0 Å². The number of rotatable bonds is 20. The van der Waals surface area contributed by atoms with E-state index in [2.05, 4.69) is 10.6 Å². The van der Waals surface area contributed by atoms with Gasteiger partial charge < -0.3 is 35.1 Å². The highest BCUT2D eigenvalue weighted by Gasteiger charge is 2.06. The third-order valence-electron chi connectivity index (χ3n) is 3.72. The smallest absolute Gasteiger partial charge is 0.303 e. The first-order valence-electron chi connectivity index (χ1n) is 10.0. The lowest BCUT2D eigenvalue weighted by atomic mass is 10.3. The maximum absolute atomic E-state index is 11.3. The average molecular weight is 434 g/mol. The fourth-order valence-corrected chi connectivity index (χ4v) is 2.14. The zero-order chi connectivity index (χ0) is 22.6. The van der Waals surface area contributed by atoms with Crippen LogP contribution in [0.3, 0.4) is 0 Å². The number of carboxylic acid groups (broad SMARTS) is 2. The number of carboxylic acids is 2. The highest BCUT2D eigenvalue weighted by Crippen LogP contribution is 1.96. The summed E-state index contributed by atoms with van der Waals surface area (Å²) in [7, 11) is 0. The normalized spacial score (nSPS) is 11.6. The zero-order valence-corrected chi connectivity index (χ0v) is 17.5. The van der Waals surface area contributed by atoms with Crippen molar-refractivity contribution in [1.29, 1.82) is 0 Å². The number of carbonyl (C=O) groups excluding carboxylic acids is 2. The summed E-state index contributed by atoms with van der Waals surface area (Å²) in [6.07, 6.45) is 1.01. The number of aliphatic carboxylic acids is 2. The highest BCUT2D eigenvalue weighted by atomic mass is 16.5. The number of nitrogens with one attached hydrogen (secondary N) is 2. The minimum absolute atomic E-state index is 0.00811. The van der Waals surface area contributed by atoms with Crippen LogP contribution in [0.1, 0.15) is 45.4 Å². The number of amides is 2.